The minimum absolute atomic E-state index is 0.762. The third-order valence-corrected chi connectivity index (χ3v) is 4.47. The van der Waals surface area contributed by atoms with E-state index in [2.05, 4.69) is 63.0 Å². The number of benzene rings is 2. The number of aromatic amines is 1. The molecule has 0 unspecified atom stereocenters. The van der Waals surface area contributed by atoms with Gasteiger partial charge in [-0.2, -0.15) is 0 Å². The van der Waals surface area contributed by atoms with E-state index in [1.54, 1.807) is 0 Å². The molecular formula is C14H8Br3N3. The van der Waals surface area contributed by atoms with Crippen LogP contribution in [0, 0.1) is 0 Å². The summed E-state index contributed by atoms with van der Waals surface area (Å²) in [6.07, 6.45) is 1.86. The van der Waals surface area contributed by atoms with E-state index in [9.17, 15) is 0 Å². The molecule has 0 amide bonds. The fourth-order valence-electron chi connectivity index (χ4n) is 1.87. The molecule has 6 heteroatoms. The standard InChI is InChI=1S/C14H8Br3N3/c15-8-5-10(16)14(11(17)6-8)20-19-13-7-18-12-4-2-1-3-9(12)13/h1-7,18H. The maximum Gasteiger partial charge on any atom is 0.114 e. The fraction of sp³-hybridized carbons (Fsp3) is 0. The summed E-state index contributed by atoms with van der Waals surface area (Å²) in [6.45, 7) is 0. The van der Waals surface area contributed by atoms with E-state index in [1.807, 2.05) is 42.6 Å². The number of aromatic nitrogens is 1. The Morgan fingerprint density at radius 2 is 1.60 bits per heavy atom. The highest BCUT2D eigenvalue weighted by atomic mass is 79.9. The molecule has 1 aromatic heterocycles. The predicted molar refractivity (Wildman–Crippen MR) is 92.0 cm³/mol. The minimum atomic E-state index is 0.762. The number of hydrogen-bond donors (Lipinski definition) is 1. The van der Waals surface area contributed by atoms with Crippen LogP contribution in [0.15, 0.2) is 66.2 Å². The van der Waals surface area contributed by atoms with Crippen molar-refractivity contribution in [1.29, 1.82) is 0 Å². The normalized spacial score (nSPS) is 11.6. The number of H-pyrrole nitrogens is 1. The molecule has 3 nitrogen and oxygen atoms in total. The van der Waals surface area contributed by atoms with Crippen LogP contribution in [0.2, 0.25) is 0 Å². The Hall–Kier alpha value is -0.980. The van der Waals surface area contributed by atoms with Crippen molar-refractivity contribution >= 4 is 70.1 Å². The summed E-state index contributed by atoms with van der Waals surface area (Å²) < 4.78 is 2.73. The average Bonchev–Trinajstić information content (AvgIpc) is 2.81. The Bertz CT molecular complexity index is 785. The molecule has 0 aliphatic carbocycles. The first kappa shape index (κ1) is 14.0. The van der Waals surface area contributed by atoms with Crippen molar-refractivity contribution in [3.8, 4) is 0 Å². The molecule has 0 saturated heterocycles. The Morgan fingerprint density at radius 3 is 2.35 bits per heavy atom. The number of halogens is 3. The molecule has 20 heavy (non-hydrogen) atoms. The van der Waals surface area contributed by atoms with Gasteiger partial charge in [-0.05, 0) is 50.1 Å². The van der Waals surface area contributed by atoms with Crippen LogP contribution in [-0.4, -0.2) is 4.98 Å². The van der Waals surface area contributed by atoms with E-state index in [-0.39, 0.29) is 0 Å². The molecule has 0 fully saturated rings. The quantitative estimate of drug-likeness (QED) is 0.408. The van der Waals surface area contributed by atoms with Gasteiger partial charge in [0.2, 0.25) is 0 Å². The Morgan fingerprint density at radius 1 is 0.900 bits per heavy atom. The van der Waals surface area contributed by atoms with Crippen molar-refractivity contribution in [3.63, 3.8) is 0 Å². The van der Waals surface area contributed by atoms with E-state index in [0.29, 0.717) is 0 Å². The highest BCUT2D eigenvalue weighted by Gasteiger charge is 2.07. The summed E-state index contributed by atoms with van der Waals surface area (Å²) in [7, 11) is 0. The molecule has 0 saturated carbocycles. The van der Waals surface area contributed by atoms with Gasteiger partial charge < -0.3 is 4.98 Å². The first-order chi connectivity index (χ1) is 9.65. The SMILES string of the molecule is Brc1cc(Br)c(N=Nc2c[nH]c3ccccc23)c(Br)c1. The average molecular weight is 458 g/mol. The molecule has 1 heterocycles. The van der Waals surface area contributed by atoms with Gasteiger partial charge in [0, 0.05) is 30.5 Å². The van der Waals surface area contributed by atoms with Crippen LogP contribution in [-0.2, 0) is 0 Å². The van der Waals surface area contributed by atoms with Crippen molar-refractivity contribution in [1.82, 2.24) is 4.98 Å². The highest BCUT2D eigenvalue weighted by Crippen LogP contribution is 2.38. The zero-order valence-electron chi connectivity index (χ0n) is 10.1. The molecule has 0 aliphatic heterocycles. The summed E-state index contributed by atoms with van der Waals surface area (Å²) in [5, 5.41) is 9.72. The fourth-order valence-corrected chi connectivity index (χ4v) is 4.29. The van der Waals surface area contributed by atoms with Crippen LogP contribution in [0.4, 0.5) is 11.4 Å². The van der Waals surface area contributed by atoms with Crippen LogP contribution in [0.1, 0.15) is 0 Å². The number of hydrogen-bond acceptors (Lipinski definition) is 2. The van der Waals surface area contributed by atoms with Gasteiger partial charge in [0.25, 0.3) is 0 Å². The summed E-state index contributed by atoms with van der Waals surface area (Å²) >= 11 is 10.4. The number of fused-ring (bicyclic) bond motifs is 1. The molecule has 0 spiro atoms. The lowest BCUT2D eigenvalue weighted by Gasteiger charge is -2.01. The van der Waals surface area contributed by atoms with Crippen LogP contribution in [0.3, 0.4) is 0 Å². The van der Waals surface area contributed by atoms with Gasteiger partial charge in [-0.3, -0.25) is 0 Å². The second-order valence-corrected chi connectivity index (χ2v) is 6.76. The molecule has 3 rings (SSSR count). The van der Waals surface area contributed by atoms with Gasteiger partial charge in [0.15, 0.2) is 0 Å². The van der Waals surface area contributed by atoms with E-state index in [1.165, 1.54) is 0 Å². The Balaban J connectivity index is 2.03. The lowest BCUT2D eigenvalue weighted by atomic mass is 10.2. The number of nitrogens with zero attached hydrogens (tertiary/aromatic N) is 2. The van der Waals surface area contributed by atoms with Gasteiger partial charge in [-0.15, -0.1) is 10.2 Å². The summed E-state index contributed by atoms with van der Waals surface area (Å²) in [5.74, 6) is 0. The molecule has 0 aliphatic rings. The maximum absolute atomic E-state index is 4.33. The van der Waals surface area contributed by atoms with E-state index in [0.717, 1.165) is 35.7 Å². The predicted octanol–water partition coefficient (Wildman–Crippen LogP) is 6.87. The zero-order chi connectivity index (χ0) is 14.1. The third kappa shape index (κ3) is 2.73. The van der Waals surface area contributed by atoms with Gasteiger partial charge in [0.1, 0.15) is 11.4 Å². The van der Waals surface area contributed by atoms with Crippen molar-refractivity contribution < 1.29 is 0 Å². The first-order valence-electron chi connectivity index (χ1n) is 5.77. The molecular weight excluding hydrogens is 450 g/mol. The Kier molecular flexibility index (Phi) is 4.05. The molecule has 100 valence electrons. The van der Waals surface area contributed by atoms with Crippen molar-refractivity contribution in [2.24, 2.45) is 10.2 Å². The van der Waals surface area contributed by atoms with Gasteiger partial charge in [-0.25, -0.2) is 0 Å². The molecule has 3 aromatic rings. The lowest BCUT2D eigenvalue weighted by molar-refractivity contribution is 1.22. The van der Waals surface area contributed by atoms with E-state index < -0.39 is 0 Å². The molecule has 1 N–H and O–H groups in total. The minimum Gasteiger partial charge on any atom is -0.359 e. The van der Waals surface area contributed by atoms with Crippen molar-refractivity contribution in [2.75, 3.05) is 0 Å². The molecule has 0 bridgehead atoms. The summed E-state index contributed by atoms with van der Waals surface area (Å²) in [4.78, 5) is 3.18. The van der Waals surface area contributed by atoms with Crippen LogP contribution >= 0.6 is 47.8 Å². The van der Waals surface area contributed by atoms with E-state index in [4.69, 9.17) is 0 Å². The summed E-state index contributed by atoms with van der Waals surface area (Å²) in [6, 6.07) is 11.9. The van der Waals surface area contributed by atoms with Crippen molar-refractivity contribution in [2.45, 2.75) is 0 Å². The first-order valence-corrected chi connectivity index (χ1v) is 8.15. The number of nitrogens with one attached hydrogen (secondary N) is 1. The van der Waals surface area contributed by atoms with Crippen LogP contribution < -0.4 is 0 Å². The second-order valence-electron chi connectivity index (χ2n) is 4.14. The largest absolute Gasteiger partial charge is 0.359 e. The van der Waals surface area contributed by atoms with E-state index >= 15 is 0 Å². The number of rotatable bonds is 2. The second kappa shape index (κ2) is 5.79. The molecule has 0 atom stereocenters. The highest BCUT2D eigenvalue weighted by molar-refractivity contribution is 9.11. The molecule has 0 radical (unpaired) electrons. The molecule has 2 aromatic carbocycles. The smallest absolute Gasteiger partial charge is 0.114 e. The van der Waals surface area contributed by atoms with Gasteiger partial charge >= 0.3 is 0 Å². The lowest BCUT2D eigenvalue weighted by Crippen LogP contribution is -1.73. The summed E-state index contributed by atoms with van der Waals surface area (Å²) in [5.41, 5.74) is 2.64. The van der Waals surface area contributed by atoms with Gasteiger partial charge in [0.05, 0.1) is 0 Å². The van der Waals surface area contributed by atoms with Crippen LogP contribution in [0.5, 0.6) is 0 Å². The number of azo groups is 1. The monoisotopic (exact) mass is 455 g/mol. The number of para-hydroxylation sites is 1. The van der Waals surface area contributed by atoms with Crippen LogP contribution in [0.25, 0.3) is 10.9 Å². The third-order valence-electron chi connectivity index (χ3n) is 2.81. The maximum atomic E-state index is 4.33. The Labute approximate surface area is 140 Å². The van der Waals surface area contributed by atoms with Gasteiger partial charge in [-0.1, -0.05) is 34.1 Å². The zero-order valence-corrected chi connectivity index (χ0v) is 14.8. The van der Waals surface area contributed by atoms with Crippen molar-refractivity contribution in [3.05, 3.63) is 56.0 Å². The topological polar surface area (TPSA) is 40.5 Å².